The van der Waals surface area contributed by atoms with Crippen LogP contribution in [0.3, 0.4) is 0 Å². The van der Waals surface area contributed by atoms with Crippen LogP contribution in [-0.4, -0.2) is 48.5 Å². The molecule has 2 aromatic rings. The normalized spacial score (nSPS) is 17.5. The van der Waals surface area contributed by atoms with Crippen LogP contribution in [0.1, 0.15) is 19.8 Å². The summed E-state index contributed by atoms with van der Waals surface area (Å²) in [6, 6.07) is 5.78. The van der Waals surface area contributed by atoms with Gasteiger partial charge in [0.05, 0.1) is 12.8 Å². The van der Waals surface area contributed by atoms with Gasteiger partial charge in [-0.15, -0.1) is 0 Å². The number of hydrogen-bond acceptors (Lipinski definition) is 7. The van der Waals surface area contributed by atoms with Crippen LogP contribution in [0.5, 0.6) is 5.75 Å². The number of benzene rings is 1. The van der Waals surface area contributed by atoms with Gasteiger partial charge in [0.1, 0.15) is 5.03 Å². The summed E-state index contributed by atoms with van der Waals surface area (Å²) in [6.07, 6.45) is 2.41. The minimum atomic E-state index is -2.17. The molecule has 0 radical (unpaired) electrons. The molecular formula is C21H26F4N4O2S2. The Kier molecular flexibility index (Phi) is 10.6. The molecule has 0 aliphatic carbocycles. The topological polar surface area (TPSA) is 80.5 Å². The number of anilines is 2. The number of pyridine rings is 1. The van der Waals surface area contributed by atoms with Crippen molar-refractivity contribution in [3.8, 4) is 5.75 Å². The van der Waals surface area contributed by atoms with Crippen molar-refractivity contribution in [2.45, 2.75) is 42.5 Å². The van der Waals surface area contributed by atoms with E-state index >= 15 is 0 Å². The molecule has 1 fully saturated rings. The molecule has 33 heavy (non-hydrogen) atoms. The van der Waals surface area contributed by atoms with E-state index in [0.29, 0.717) is 22.9 Å². The third-order valence-corrected chi connectivity index (χ3v) is 6.48. The standard InChI is InChI=1S/C19H22F2N4O2S2.C2H4F2/c1-27-19-13(4-3-12(20)18(19)21)25-8-6-15(28-2)14(25)10-16(26)24-11-5-7-23-17(9-11)29-22;1-2(3)4/h3-5,7,9,14-15H,6,8,10,22H2,1-2H3,(H,23,24,26);2H,1H3. The van der Waals surface area contributed by atoms with E-state index < -0.39 is 18.1 Å². The highest BCUT2D eigenvalue weighted by atomic mass is 32.2. The van der Waals surface area contributed by atoms with Gasteiger partial charge in [0.2, 0.25) is 18.1 Å². The first-order valence-corrected chi connectivity index (χ1v) is 12.1. The first-order valence-electron chi connectivity index (χ1n) is 9.94. The molecule has 1 aliphatic heterocycles. The van der Waals surface area contributed by atoms with Crippen LogP contribution in [0, 0.1) is 11.6 Å². The van der Waals surface area contributed by atoms with E-state index in [1.165, 1.54) is 13.2 Å². The summed E-state index contributed by atoms with van der Waals surface area (Å²) in [7, 11) is 1.31. The van der Waals surface area contributed by atoms with Gasteiger partial charge in [-0.1, -0.05) is 0 Å². The first kappa shape index (κ1) is 27.1. The SMILES string of the molecule is CC(F)F.COc1c(N2CCC(SC)C2CC(=O)Nc2ccnc(SN)c2)ccc(F)c1F. The lowest BCUT2D eigenvalue weighted by molar-refractivity contribution is -0.116. The van der Waals surface area contributed by atoms with Crippen molar-refractivity contribution >= 4 is 41.0 Å². The predicted molar refractivity (Wildman–Crippen MR) is 125 cm³/mol. The maximum absolute atomic E-state index is 14.2. The molecule has 182 valence electrons. The Morgan fingerprint density at radius 3 is 2.67 bits per heavy atom. The van der Waals surface area contributed by atoms with Crippen LogP contribution >= 0.6 is 23.7 Å². The van der Waals surface area contributed by atoms with Gasteiger partial charge in [0.15, 0.2) is 11.6 Å². The Labute approximate surface area is 198 Å². The fraction of sp³-hybridized carbons (Fsp3) is 0.429. The highest BCUT2D eigenvalue weighted by Crippen LogP contribution is 2.40. The molecule has 2 heterocycles. The molecular weight excluding hydrogens is 480 g/mol. The summed E-state index contributed by atoms with van der Waals surface area (Å²) in [5.74, 6) is -2.31. The molecule has 3 N–H and O–H groups in total. The van der Waals surface area contributed by atoms with E-state index in [0.717, 1.165) is 31.4 Å². The van der Waals surface area contributed by atoms with Gasteiger partial charge >= 0.3 is 0 Å². The molecule has 1 aromatic heterocycles. The molecule has 0 saturated carbocycles. The van der Waals surface area contributed by atoms with Crippen molar-refractivity contribution in [1.82, 2.24) is 4.98 Å². The Bertz CT molecular complexity index is 936. The van der Waals surface area contributed by atoms with Crippen LogP contribution in [0.15, 0.2) is 35.5 Å². The quantitative estimate of drug-likeness (QED) is 0.407. The zero-order chi connectivity index (χ0) is 24.5. The number of alkyl halides is 2. The van der Waals surface area contributed by atoms with Crippen LogP contribution < -0.4 is 20.1 Å². The summed E-state index contributed by atoms with van der Waals surface area (Å²) in [4.78, 5) is 18.7. The summed E-state index contributed by atoms with van der Waals surface area (Å²) < 4.78 is 53.6. The van der Waals surface area contributed by atoms with E-state index in [1.54, 1.807) is 30.1 Å². The van der Waals surface area contributed by atoms with Crippen LogP contribution in [-0.2, 0) is 4.79 Å². The number of halogens is 4. The van der Waals surface area contributed by atoms with Crippen molar-refractivity contribution in [2.24, 2.45) is 5.14 Å². The molecule has 12 heteroatoms. The maximum Gasteiger partial charge on any atom is 0.235 e. The zero-order valence-electron chi connectivity index (χ0n) is 18.4. The van der Waals surface area contributed by atoms with E-state index in [9.17, 15) is 22.4 Å². The second-order valence-electron chi connectivity index (χ2n) is 7.01. The Morgan fingerprint density at radius 1 is 1.36 bits per heavy atom. The third kappa shape index (κ3) is 7.41. The second-order valence-corrected chi connectivity index (χ2v) is 8.74. The molecule has 2 unspecified atom stereocenters. The van der Waals surface area contributed by atoms with Gasteiger partial charge in [-0.05, 0) is 55.8 Å². The van der Waals surface area contributed by atoms with Gasteiger partial charge in [0, 0.05) is 36.1 Å². The fourth-order valence-electron chi connectivity index (χ4n) is 3.54. The molecule has 1 aromatic carbocycles. The Balaban J connectivity index is 0.000000890. The van der Waals surface area contributed by atoms with E-state index in [2.05, 4.69) is 10.3 Å². The van der Waals surface area contributed by atoms with E-state index in [4.69, 9.17) is 9.88 Å². The number of aromatic nitrogens is 1. The minimum Gasteiger partial charge on any atom is -0.491 e. The smallest absolute Gasteiger partial charge is 0.235 e. The summed E-state index contributed by atoms with van der Waals surface area (Å²) >= 11 is 2.65. The van der Waals surface area contributed by atoms with Crippen molar-refractivity contribution in [2.75, 3.05) is 30.1 Å². The minimum absolute atomic E-state index is 0.143. The molecule has 3 rings (SSSR count). The predicted octanol–water partition coefficient (Wildman–Crippen LogP) is 4.94. The Hall–Kier alpha value is -2.18. The molecule has 0 bridgehead atoms. The highest BCUT2D eigenvalue weighted by molar-refractivity contribution is 7.99. The van der Waals surface area contributed by atoms with E-state index in [-0.39, 0.29) is 29.4 Å². The van der Waals surface area contributed by atoms with Gasteiger partial charge < -0.3 is 15.0 Å². The number of rotatable bonds is 7. The molecule has 1 amide bonds. The number of carbonyl (C=O) groups is 1. The number of carbonyl (C=O) groups excluding carboxylic acids is 1. The number of ether oxygens (including phenoxy) is 1. The number of nitrogens with one attached hydrogen (secondary N) is 1. The van der Waals surface area contributed by atoms with Crippen molar-refractivity contribution in [1.29, 1.82) is 0 Å². The van der Waals surface area contributed by atoms with Crippen LogP contribution in [0.2, 0.25) is 0 Å². The van der Waals surface area contributed by atoms with Crippen molar-refractivity contribution in [3.63, 3.8) is 0 Å². The Morgan fingerprint density at radius 2 is 2.06 bits per heavy atom. The number of nitrogens with two attached hydrogens (primary N) is 1. The van der Waals surface area contributed by atoms with Crippen molar-refractivity contribution < 1.29 is 27.1 Å². The number of thioether (sulfide) groups is 1. The van der Waals surface area contributed by atoms with Gasteiger partial charge in [-0.3, -0.25) is 9.93 Å². The third-order valence-electron chi connectivity index (χ3n) is 4.86. The molecule has 1 aliphatic rings. The molecule has 2 atom stereocenters. The highest BCUT2D eigenvalue weighted by Gasteiger charge is 2.37. The van der Waals surface area contributed by atoms with E-state index in [1.807, 2.05) is 11.2 Å². The monoisotopic (exact) mass is 506 g/mol. The summed E-state index contributed by atoms with van der Waals surface area (Å²) in [5, 5.41) is 9.14. The fourth-order valence-corrected chi connectivity index (χ4v) is 4.75. The first-order chi connectivity index (χ1) is 15.7. The maximum atomic E-state index is 14.2. The number of methoxy groups -OCH3 is 1. The molecule has 1 saturated heterocycles. The van der Waals surface area contributed by atoms with Crippen molar-refractivity contribution in [3.05, 3.63) is 42.1 Å². The molecule has 6 nitrogen and oxygen atoms in total. The summed E-state index contributed by atoms with van der Waals surface area (Å²) in [5.41, 5.74) is 1.06. The second kappa shape index (κ2) is 12.9. The average molecular weight is 507 g/mol. The lowest BCUT2D eigenvalue weighted by Gasteiger charge is -2.30. The number of nitrogens with zero attached hydrogens (tertiary/aromatic N) is 2. The zero-order valence-corrected chi connectivity index (χ0v) is 20.0. The lowest BCUT2D eigenvalue weighted by Crippen LogP contribution is -2.37. The molecule has 0 spiro atoms. The van der Waals surface area contributed by atoms with Gasteiger partial charge in [0.25, 0.3) is 0 Å². The lowest BCUT2D eigenvalue weighted by atomic mass is 10.1. The van der Waals surface area contributed by atoms with Gasteiger partial charge in [-0.2, -0.15) is 16.2 Å². The summed E-state index contributed by atoms with van der Waals surface area (Å²) in [6.45, 7) is 1.45. The van der Waals surface area contributed by atoms with Crippen LogP contribution in [0.25, 0.3) is 0 Å². The largest absolute Gasteiger partial charge is 0.491 e. The van der Waals surface area contributed by atoms with Gasteiger partial charge in [-0.25, -0.2) is 18.2 Å². The number of hydrogen-bond donors (Lipinski definition) is 2. The average Bonchev–Trinajstić information content (AvgIpc) is 3.17. The number of amides is 1. The van der Waals surface area contributed by atoms with Crippen LogP contribution in [0.4, 0.5) is 28.9 Å².